The summed E-state index contributed by atoms with van der Waals surface area (Å²) in [5.41, 5.74) is 0.458. The van der Waals surface area contributed by atoms with E-state index in [4.69, 9.17) is 23.2 Å². The molecule has 0 radical (unpaired) electrons. The highest BCUT2D eigenvalue weighted by atomic mass is 35.5. The third kappa shape index (κ3) is 4.41. The number of likely N-dealkylation sites (tertiary alicyclic amines) is 1. The summed E-state index contributed by atoms with van der Waals surface area (Å²) in [6.07, 6.45) is 9.28. The van der Waals surface area contributed by atoms with E-state index in [0.717, 1.165) is 56.4 Å². The Balaban J connectivity index is 1.15. The Hall–Kier alpha value is -1.46. The molecule has 1 aromatic carbocycles. The van der Waals surface area contributed by atoms with Crippen LogP contribution >= 0.6 is 23.2 Å². The maximum absolute atomic E-state index is 13.2. The van der Waals surface area contributed by atoms with Gasteiger partial charge in [-0.25, -0.2) is 4.79 Å². The second kappa shape index (κ2) is 8.47. The van der Waals surface area contributed by atoms with Gasteiger partial charge in [0.05, 0.1) is 10.7 Å². The molecule has 5 nitrogen and oxygen atoms in total. The van der Waals surface area contributed by atoms with Crippen LogP contribution in [0, 0.1) is 29.1 Å². The third-order valence-electron chi connectivity index (χ3n) is 8.05. The van der Waals surface area contributed by atoms with Crippen molar-refractivity contribution in [2.75, 3.05) is 25.0 Å². The first-order valence-corrected chi connectivity index (χ1v) is 12.4. The van der Waals surface area contributed by atoms with Gasteiger partial charge in [-0.05, 0) is 93.2 Å². The van der Waals surface area contributed by atoms with Crippen molar-refractivity contribution in [1.29, 1.82) is 0 Å². The van der Waals surface area contributed by atoms with E-state index >= 15 is 0 Å². The number of rotatable bonds is 4. The van der Waals surface area contributed by atoms with E-state index in [0.29, 0.717) is 28.8 Å². The number of carbonyl (C=O) groups excluding carboxylic acids is 2. The number of hydrogen-bond donors (Lipinski definition) is 2. The lowest BCUT2D eigenvalue weighted by atomic mass is 9.49. The molecule has 1 atom stereocenters. The molecule has 3 amide bonds. The first kappa shape index (κ1) is 21.4. The van der Waals surface area contributed by atoms with Crippen LogP contribution in [-0.2, 0) is 4.79 Å². The summed E-state index contributed by atoms with van der Waals surface area (Å²) in [5.74, 6) is 2.88. The van der Waals surface area contributed by atoms with Crippen molar-refractivity contribution in [1.82, 2.24) is 10.2 Å². The van der Waals surface area contributed by atoms with Crippen LogP contribution in [0.25, 0.3) is 0 Å². The molecular formula is C24H31Cl2N3O2. The van der Waals surface area contributed by atoms with E-state index in [9.17, 15) is 9.59 Å². The number of urea groups is 1. The second-order valence-electron chi connectivity index (χ2n) is 10.4. The largest absolute Gasteiger partial charge is 0.355 e. The fraction of sp³-hybridized carbons (Fsp3) is 0.667. The minimum atomic E-state index is -0.152. The number of benzene rings is 1. The van der Waals surface area contributed by atoms with Gasteiger partial charge in [0.15, 0.2) is 0 Å². The standard InChI is InChI=1S/C24H31Cl2N3O2/c25-19-3-4-21(20(26)9-19)28-23(31)29-5-1-2-15(14-29)13-27-22(30)24-10-16-6-17(11-24)8-18(7-16)12-24/h3-4,9,15-18H,1-2,5-8,10-14H2,(H,27,30)(H,28,31). The molecule has 5 fully saturated rings. The molecule has 4 saturated carbocycles. The molecule has 2 N–H and O–H groups in total. The summed E-state index contributed by atoms with van der Waals surface area (Å²) in [6, 6.07) is 4.90. The molecule has 7 heteroatoms. The fourth-order valence-electron chi connectivity index (χ4n) is 7.01. The highest BCUT2D eigenvalue weighted by Gasteiger charge is 2.54. The van der Waals surface area contributed by atoms with Gasteiger partial charge in [-0.15, -0.1) is 0 Å². The smallest absolute Gasteiger partial charge is 0.321 e. The number of hydrogen-bond acceptors (Lipinski definition) is 2. The zero-order valence-corrected chi connectivity index (χ0v) is 19.4. The lowest BCUT2D eigenvalue weighted by Gasteiger charge is -2.55. The van der Waals surface area contributed by atoms with Crippen LogP contribution in [0.1, 0.15) is 51.4 Å². The Labute approximate surface area is 194 Å². The Bertz CT molecular complexity index is 839. The van der Waals surface area contributed by atoms with Gasteiger partial charge in [-0.1, -0.05) is 23.2 Å². The summed E-state index contributed by atoms with van der Waals surface area (Å²) >= 11 is 12.1. The van der Waals surface area contributed by atoms with Gasteiger partial charge in [0.2, 0.25) is 5.91 Å². The zero-order valence-electron chi connectivity index (χ0n) is 17.8. The molecule has 1 saturated heterocycles. The van der Waals surface area contributed by atoms with Crippen molar-refractivity contribution in [3.8, 4) is 0 Å². The first-order chi connectivity index (χ1) is 14.9. The molecule has 0 spiro atoms. The number of halogens is 2. The predicted octanol–water partition coefficient (Wildman–Crippen LogP) is 5.57. The van der Waals surface area contributed by atoms with Crippen LogP contribution in [0.4, 0.5) is 10.5 Å². The van der Waals surface area contributed by atoms with Crippen LogP contribution in [0.2, 0.25) is 10.0 Å². The third-order valence-corrected chi connectivity index (χ3v) is 8.60. The van der Waals surface area contributed by atoms with Crippen LogP contribution in [-0.4, -0.2) is 36.5 Å². The Morgan fingerprint density at radius 1 is 1.06 bits per heavy atom. The van der Waals surface area contributed by atoms with E-state index < -0.39 is 0 Å². The van der Waals surface area contributed by atoms with Crippen molar-refractivity contribution >= 4 is 40.8 Å². The Kier molecular flexibility index (Phi) is 5.85. The summed E-state index contributed by atoms with van der Waals surface area (Å²) in [6.45, 7) is 2.03. The molecular weight excluding hydrogens is 433 g/mol. The molecule has 4 bridgehead atoms. The highest BCUT2D eigenvalue weighted by molar-refractivity contribution is 6.36. The van der Waals surface area contributed by atoms with Crippen LogP contribution < -0.4 is 10.6 Å². The second-order valence-corrected chi connectivity index (χ2v) is 11.3. The average molecular weight is 464 g/mol. The quantitative estimate of drug-likeness (QED) is 0.612. The summed E-state index contributed by atoms with van der Waals surface area (Å²) in [7, 11) is 0. The van der Waals surface area contributed by atoms with Gasteiger partial charge in [0.25, 0.3) is 0 Å². The van der Waals surface area contributed by atoms with E-state index in [1.54, 1.807) is 18.2 Å². The van der Waals surface area contributed by atoms with Gasteiger partial charge in [-0.3, -0.25) is 4.79 Å². The fourth-order valence-corrected chi connectivity index (χ4v) is 7.47. The van der Waals surface area contributed by atoms with E-state index in [1.165, 1.54) is 19.3 Å². The number of piperidine rings is 1. The van der Waals surface area contributed by atoms with E-state index in [2.05, 4.69) is 10.6 Å². The molecule has 5 aliphatic rings. The van der Waals surface area contributed by atoms with Gasteiger partial charge in [0, 0.05) is 30.1 Å². The van der Waals surface area contributed by atoms with Crippen LogP contribution in [0.5, 0.6) is 0 Å². The molecule has 4 aliphatic carbocycles. The maximum atomic E-state index is 13.2. The summed E-state index contributed by atoms with van der Waals surface area (Å²) in [5, 5.41) is 7.16. The van der Waals surface area contributed by atoms with Crippen LogP contribution in [0.15, 0.2) is 18.2 Å². The van der Waals surface area contributed by atoms with Gasteiger partial charge < -0.3 is 15.5 Å². The number of nitrogens with zero attached hydrogens (tertiary/aromatic N) is 1. The number of amides is 3. The number of nitrogens with one attached hydrogen (secondary N) is 2. The summed E-state index contributed by atoms with van der Waals surface area (Å²) in [4.78, 5) is 27.8. The topological polar surface area (TPSA) is 61.4 Å². The van der Waals surface area contributed by atoms with Crippen molar-refractivity contribution in [3.63, 3.8) is 0 Å². The zero-order chi connectivity index (χ0) is 21.6. The minimum absolute atomic E-state index is 0.105. The first-order valence-electron chi connectivity index (χ1n) is 11.7. The molecule has 31 heavy (non-hydrogen) atoms. The molecule has 0 aromatic heterocycles. The SMILES string of the molecule is O=C(Nc1ccc(Cl)cc1Cl)N1CCCC(CNC(=O)C23CC4CC(CC(C4)C2)C3)C1. The maximum Gasteiger partial charge on any atom is 0.321 e. The lowest BCUT2D eigenvalue weighted by molar-refractivity contribution is -0.146. The monoisotopic (exact) mass is 463 g/mol. The average Bonchev–Trinajstić information content (AvgIpc) is 2.73. The van der Waals surface area contributed by atoms with E-state index in [1.807, 2.05) is 4.90 Å². The lowest BCUT2D eigenvalue weighted by Crippen LogP contribution is -2.54. The van der Waals surface area contributed by atoms with Gasteiger partial charge in [0.1, 0.15) is 0 Å². The molecule has 1 heterocycles. The normalized spacial score (nSPS) is 33.9. The number of anilines is 1. The molecule has 1 aliphatic heterocycles. The molecule has 1 unspecified atom stereocenters. The Morgan fingerprint density at radius 2 is 1.74 bits per heavy atom. The van der Waals surface area contributed by atoms with Crippen molar-refractivity contribution in [3.05, 3.63) is 28.2 Å². The van der Waals surface area contributed by atoms with E-state index in [-0.39, 0.29) is 23.3 Å². The Morgan fingerprint density at radius 3 is 2.39 bits per heavy atom. The van der Waals surface area contributed by atoms with Crippen molar-refractivity contribution in [2.45, 2.75) is 51.4 Å². The predicted molar refractivity (Wildman–Crippen MR) is 123 cm³/mol. The number of carbonyl (C=O) groups is 2. The van der Waals surface area contributed by atoms with Gasteiger partial charge in [-0.2, -0.15) is 0 Å². The molecule has 168 valence electrons. The summed E-state index contributed by atoms with van der Waals surface area (Å²) < 4.78 is 0. The van der Waals surface area contributed by atoms with Crippen molar-refractivity contribution < 1.29 is 9.59 Å². The molecule has 1 aromatic rings. The minimum Gasteiger partial charge on any atom is -0.355 e. The molecule has 6 rings (SSSR count). The van der Waals surface area contributed by atoms with Crippen LogP contribution in [0.3, 0.4) is 0 Å². The van der Waals surface area contributed by atoms with Gasteiger partial charge >= 0.3 is 6.03 Å². The highest BCUT2D eigenvalue weighted by Crippen LogP contribution is 2.60. The van der Waals surface area contributed by atoms with Crippen molar-refractivity contribution in [2.24, 2.45) is 29.1 Å².